The van der Waals surface area contributed by atoms with Gasteiger partial charge >= 0.3 is 5.97 Å². The van der Waals surface area contributed by atoms with E-state index in [4.69, 9.17) is 9.47 Å². The number of aryl methyl sites for hydroxylation is 2. The molecule has 0 aliphatic heterocycles. The Morgan fingerprint density at radius 2 is 1.77 bits per heavy atom. The second-order valence-electron chi connectivity index (χ2n) is 5.47. The number of carbonyl (C=O) groups is 1. The molecule has 0 aliphatic carbocycles. The van der Waals surface area contributed by atoms with Crippen LogP contribution in [0.1, 0.15) is 35.3 Å². The van der Waals surface area contributed by atoms with Crippen LogP contribution in [-0.2, 0) is 0 Å². The SMILES string of the molecule is Cc1ccc(C)c(OC(=O)c2cc(Br)ccc2OC(C)C)c1. The molecule has 2 rings (SSSR count). The number of ether oxygens (including phenoxy) is 2. The zero-order valence-corrected chi connectivity index (χ0v) is 14.7. The van der Waals surface area contributed by atoms with Gasteiger partial charge in [0.25, 0.3) is 0 Å². The molecule has 0 aromatic heterocycles. The summed E-state index contributed by atoms with van der Waals surface area (Å²) in [7, 11) is 0. The molecule has 4 heteroatoms. The van der Waals surface area contributed by atoms with Crippen LogP contribution in [0.4, 0.5) is 0 Å². The van der Waals surface area contributed by atoms with Crippen molar-refractivity contribution in [3.05, 3.63) is 57.6 Å². The van der Waals surface area contributed by atoms with Gasteiger partial charge in [0.15, 0.2) is 0 Å². The third-order valence-corrected chi connectivity index (χ3v) is 3.56. The topological polar surface area (TPSA) is 35.5 Å². The molecule has 3 nitrogen and oxygen atoms in total. The van der Waals surface area contributed by atoms with Crippen molar-refractivity contribution in [3.63, 3.8) is 0 Å². The van der Waals surface area contributed by atoms with E-state index >= 15 is 0 Å². The summed E-state index contributed by atoms with van der Waals surface area (Å²) >= 11 is 3.38. The van der Waals surface area contributed by atoms with Crippen LogP contribution in [0.2, 0.25) is 0 Å². The molecule has 116 valence electrons. The van der Waals surface area contributed by atoms with E-state index in [2.05, 4.69) is 15.9 Å². The Kier molecular flexibility index (Phi) is 5.24. The molecule has 0 N–H and O–H groups in total. The summed E-state index contributed by atoms with van der Waals surface area (Å²) in [6.07, 6.45) is -0.0200. The first-order chi connectivity index (χ1) is 10.4. The molecule has 0 unspecified atom stereocenters. The third kappa shape index (κ3) is 4.10. The second kappa shape index (κ2) is 6.97. The average Bonchev–Trinajstić information content (AvgIpc) is 2.44. The third-order valence-electron chi connectivity index (χ3n) is 3.07. The summed E-state index contributed by atoms with van der Waals surface area (Å²) in [5.74, 6) is 0.666. The van der Waals surface area contributed by atoms with Crippen LogP contribution < -0.4 is 9.47 Å². The molecule has 0 saturated carbocycles. The fourth-order valence-electron chi connectivity index (χ4n) is 1.99. The lowest BCUT2D eigenvalue weighted by Crippen LogP contribution is -2.14. The van der Waals surface area contributed by atoms with E-state index in [1.54, 1.807) is 12.1 Å². The van der Waals surface area contributed by atoms with Gasteiger partial charge in [-0.15, -0.1) is 0 Å². The van der Waals surface area contributed by atoms with Gasteiger partial charge in [-0.3, -0.25) is 0 Å². The summed E-state index contributed by atoms with van der Waals surface area (Å²) in [5.41, 5.74) is 2.37. The Morgan fingerprint density at radius 1 is 1.05 bits per heavy atom. The molecule has 22 heavy (non-hydrogen) atoms. The Hall–Kier alpha value is -1.81. The highest BCUT2D eigenvalue weighted by Crippen LogP contribution is 2.27. The minimum atomic E-state index is -0.425. The monoisotopic (exact) mass is 362 g/mol. The number of hydrogen-bond acceptors (Lipinski definition) is 3. The Labute approximate surface area is 139 Å². The number of halogens is 1. The molecular weight excluding hydrogens is 344 g/mol. The zero-order valence-electron chi connectivity index (χ0n) is 13.1. The highest BCUT2D eigenvalue weighted by molar-refractivity contribution is 9.10. The van der Waals surface area contributed by atoms with Crippen molar-refractivity contribution in [1.29, 1.82) is 0 Å². The lowest BCUT2D eigenvalue weighted by Gasteiger charge is -2.15. The number of carbonyl (C=O) groups excluding carboxylic acids is 1. The first-order valence-electron chi connectivity index (χ1n) is 7.12. The molecule has 0 radical (unpaired) electrons. The fourth-order valence-corrected chi connectivity index (χ4v) is 2.35. The van der Waals surface area contributed by atoms with Gasteiger partial charge < -0.3 is 9.47 Å². The molecule has 0 bridgehead atoms. The smallest absolute Gasteiger partial charge is 0.347 e. The molecule has 2 aromatic rings. The molecule has 0 fully saturated rings. The Morgan fingerprint density at radius 3 is 2.45 bits per heavy atom. The van der Waals surface area contributed by atoms with Crippen molar-refractivity contribution in [1.82, 2.24) is 0 Å². The predicted molar refractivity (Wildman–Crippen MR) is 90.8 cm³/mol. The first-order valence-corrected chi connectivity index (χ1v) is 7.91. The minimum Gasteiger partial charge on any atom is -0.490 e. The van der Waals surface area contributed by atoms with Gasteiger partial charge in [0.1, 0.15) is 17.1 Å². The predicted octanol–water partition coefficient (Wildman–Crippen LogP) is 5.07. The standard InChI is InChI=1S/C18H19BrO3/c1-11(2)21-16-8-7-14(19)10-15(16)18(20)22-17-9-12(3)5-6-13(17)4/h5-11H,1-4H3. The van der Waals surface area contributed by atoms with Gasteiger partial charge in [0, 0.05) is 4.47 Å². The van der Waals surface area contributed by atoms with Gasteiger partial charge in [-0.1, -0.05) is 28.1 Å². The van der Waals surface area contributed by atoms with Gasteiger partial charge in [0.05, 0.1) is 6.10 Å². The van der Waals surface area contributed by atoms with Crippen LogP contribution in [0.25, 0.3) is 0 Å². The maximum atomic E-state index is 12.5. The fraction of sp³-hybridized carbons (Fsp3) is 0.278. The lowest BCUT2D eigenvalue weighted by atomic mass is 10.1. The van der Waals surface area contributed by atoms with Crippen molar-refractivity contribution < 1.29 is 14.3 Å². The summed E-state index contributed by atoms with van der Waals surface area (Å²) in [5, 5.41) is 0. The molecule has 2 aromatic carbocycles. The van der Waals surface area contributed by atoms with E-state index in [0.29, 0.717) is 17.1 Å². The van der Waals surface area contributed by atoms with Crippen molar-refractivity contribution in [2.75, 3.05) is 0 Å². The lowest BCUT2D eigenvalue weighted by molar-refractivity contribution is 0.0727. The van der Waals surface area contributed by atoms with Gasteiger partial charge in [-0.25, -0.2) is 4.79 Å². The molecule has 0 saturated heterocycles. The highest BCUT2D eigenvalue weighted by Gasteiger charge is 2.17. The maximum Gasteiger partial charge on any atom is 0.347 e. The largest absolute Gasteiger partial charge is 0.490 e. The van der Waals surface area contributed by atoms with Crippen LogP contribution in [-0.4, -0.2) is 12.1 Å². The van der Waals surface area contributed by atoms with E-state index in [9.17, 15) is 4.79 Å². The molecule has 0 amide bonds. The van der Waals surface area contributed by atoms with Crippen LogP contribution in [0.15, 0.2) is 40.9 Å². The minimum absolute atomic E-state index is 0.0200. The Bertz CT molecular complexity index is 693. The average molecular weight is 363 g/mol. The Balaban J connectivity index is 2.32. The maximum absolute atomic E-state index is 12.5. The quantitative estimate of drug-likeness (QED) is 0.562. The molecule has 0 spiro atoms. The number of rotatable bonds is 4. The summed E-state index contributed by atoms with van der Waals surface area (Å²) < 4.78 is 12.0. The van der Waals surface area contributed by atoms with E-state index in [-0.39, 0.29) is 6.10 Å². The molecule has 0 aliphatic rings. The zero-order chi connectivity index (χ0) is 16.3. The molecule has 0 atom stereocenters. The summed E-state index contributed by atoms with van der Waals surface area (Å²) in [4.78, 5) is 12.5. The summed E-state index contributed by atoms with van der Waals surface area (Å²) in [6, 6.07) is 11.1. The van der Waals surface area contributed by atoms with E-state index in [1.807, 2.05) is 52.0 Å². The van der Waals surface area contributed by atoms with Crippen molar-refractivity contribution in [3.8, 4) is 11.5 Å². The van der Waals surface area contributed by atoms with Crippen LogP contribution in [0.5, 0.6) is 11.5 Å². The van der Waals surface area contributed by atoms with Crippen molar-refractivity contribution in [2.24, 2.45) is 0 Å². The van der Waals surface area contributed by atoms with Crippen LogP contribution >= 0.6 is 15.9 Å². The van der Waals surface area contributed by atoms with Crippen LogP contribution in [0.3, 0.4) is 0 Å². The van der Waals surface area contributed by atoms with Gasteiger partial charge in [0.2, 0.25) is 0 Å². The number of hydrogen-bond donors (Lipinski definition) is 0. The number of esters is 1. The molecular formula is C18H19BrO3. The van der Waals surface area contributed by atoms with Crippen molar-refractivity contribution >= 4 is 21.9 Å². The first kappa shape index (κ1) is 16.6. The van der Waals surface area contributed by atoms with Gasteiger partial charge in [-0.05, 0) is 63.1 Å². The number of benzene rings is 2. The van der Waals surface area contributed by atoms with Crippen LogP contribution in [0, 0.1) is 13.8 Å². The van der Waals surface area contributed by atoms with Crippen molar-refractivity contribution in [2.45, 2.75) is 33.8 Å². The normalized spacial score (nSPS) is 10.6. The van der Waals surface area contributed by atoms with E-state index in [1.165, 1.54) is 0 Å². The molecule has 0 heterocycles. The second-order valence-corrected chi connectivity index (χ2v) is 6.38. The highest BCUT2D eigenvalue weighted by atomic mass is 79.9. The van der Waals surface area contributed by atoms with E-state index < -0.39 is 5.97 Å². The summed E-state index contributed by atoms with van der Waals surface area (Å²) in [6.45, 7) is 7.71. The van der Waals surface area contributed by atoms with E-state index in [0.717, 1.165) is 15.6 Å². The van der Waals surface area contributed by atoms with Gasteiger partial charge in [-0.2, -0.15) is 0 Å².